The standard InChI is InChI=1S/C22H21BrN2O4/c1-14(2)29-20-10-7-16(23)12-19(20)22(27)25-17-8-5-15(6-9-17)21(26)24-13-18-4-3-11-28-18/h3-12,14H,13H2,1-2H3,(H,24,26)(H,25,27). The van der Waals surface area contributed by atoms with Crippen molar-refractivity contribution in [1.29, 1.82) is 0 Å². The van der Waals surface area contributed by atoms with Crippen molar-refractivity contribution in [3.63, 3.8) is 0 Å². The Morgan fingerprint density at radius 1 is 1.07 bits per heavy atom. The maximum absolute atomic E-state index is 12.7. The molecule has 3 rings (SSSR count). The van der Waals surface area contributed by atoms with Crippen LogP contribution in [-0.4, -0.2) is 17.9 Å². The SMILES string of the molecule is CC(C)Oc1ccc(Br)cc1C(=O)Nc1ccc(C(=O)NCc2ccco2)cc1. The Hall–Kier alpha value is -3.06. The van der Waals surface area contributed by atoms with Crippen LogP contribution in [0.1, 0.15) is 40.3 Å². The third kappa shape index (κ3) is 5.71. The Morgan fingerprint density at radius 3 is 2.48 bits per heavy atom. The van der Waals surface area contributed by atoms with Crippen LogP contribution in [0.4, 0.5) is 5.69 Å². The van der Waals surface area contributed by atoms with Gasteiger partial charge in [-0.05, 0) is 68.4 Å². The van der Waals surface area contributed by atoms with Gasteiger partial charge in [0.25, 0.3) is 11.8 Å². The molecule has 150 valence electrons. The second-order valence-corrected chi connectivity index (χ2v) is 7.52. The van der Waals surface area contributed by atoms with E-state index in [1.807, 2.05) is 19.9 Å². The summed E-state index contributed by atoms with van der Waals surface area (Å²) in [5.41, 5.74) is 1.49. The molecule has 2 N–H and O–H groups in total. The Labute approximate surface area is 177 Å². The van der Waals surface area contributed by atoms with Gasteiger partial charge >= 0.3 is 0 Å². The van der Waals surface area contributed by atoms with E-state index in [4.69, 9.17) is 9.15 Å². The van der Waals surface area contributed by atoms with Crippen LogP contribution in [-0.2, 0) is 6.54 Å². The van der Waals surface area contributed by atoms with Gasteiger partial charge in [-0.2, -0.15) is 0 Å². The van der Waals surface area contributed by atoms with Gasteiger partial charge in [-0.3, -0.25) is 9.59 Å². The van der Waals surface area contributed by atoms with Gasteiger partial charge in [-0.15, -0.1) is 0 Å². The number of hydrogen-bond donors (Lipinski definition) is 2. The zero-order chi connectivity index (χ0) is 20.8. The van der Waals surface area contributed by atoms with Crippen molar-refractivity contribution in [2.24, 2.45) is 0 Å². The van der Waals surface area contributed by atoms with Gasteiger partial charge in [-0.25, -0.2) is 0 Å². The summed E-state index contributed by atoms with van der Waals surface area (Å²) in [6.45, 7) is 4.12. The molecule has 0 radical (unpaired) electrons. The fourth-order valence-corrected chi connectivity index (χ4v) is 2.98. The smallest absolute Gasteiger partial charge is 0.259 e. The molecule has 0 bridgehead atoms. The number of nitrogens with one attached hydrogen (secondary N) is 2. The van der Waals surface area contributed by atoms with Gasteiger partial charge in [0.1, 0.15) is 11.5 Å². The molecular formula is C22H21BrN2O4. The zero-order valence-electron chi connectivity index (χ0n) is 16.1. The van der Waals surface area contributed by atoms with E-state index in [9.17, 15) is 9.59 Å². The van der Waals surface area contributed by atoms with Crippen LogP contribution in [0, 0.1) is 0 Å². The predicted molar refractivity (Wildman–Crippen MR) is 114 cm³/mol. The van der Waals surface area contributed by atoms with Crippen molar-refractivity contribution in [2.75, 3.05) is 5.32 Å². The number of hydrogen-bond acceptors (Lipinski definition) is 4. The lowest BCUT2D eigenvalue weighted by atomic mass is 10.1. The van der Waals surface area contributed by atoms with Gasteiger partial charge in [-0.1, -0.05) is 15.9 Å². The number of carbonyl (C=O) groups excluding carboxylic acids is 2. The highest BCUT2D eigenvalue weighted by Crippen LogP contribution is 2.25. The summed E-state index contributed by atoms with van der Waals surface area (Å²) in [6.07, 6.45) is 1.50. The Balaban J connectivity index is 1.65. The molecule has 7 heteroatoms. The third-order valence-electron chi connectivity index (χ3n) is 3.96. The van der Waals surface area contributed by atoms with E-state index in [1.165, 1.54) is 0 Å². The molecule has 0 aliphatic carbocycles. The minimum Gasteiger partial charge on any atom is -0.490 e. The van der Waals surface area contributed by atoms with Crippen LogP contribution in [0.5, 0.6) is 5.75 Å². The van der Waals surface area contributed by atoms with Crippen molar-refractivity contribution in [2.45, 2.75) is 26.5 Å². The van der Waals surface area contributed by atoms with Crippen molar-refractivity contribution in [3.05, 3.63) is 82.2 Å². The highest BCUT2D eigenvalue weighted by atomic mass is 79.9. The molecule has 0 spiro atoms. The van der Waals surface area contributed by atoms with E-state index in [2.05, 4.69) is 26.6 Å². The van der Waals surface area contributed by atoms with Gasteiger partial charge in [0.05, 0.1) is 24.5 Å². The van der Waals surface area contributed by atoms with E-state index >= 15 is 0 Å². The highest BCUT2D eigenvalue weighted by molar-refractivity contribution is 9.10. The molecule has 0 atom stereocenters. The normalized spacial score (nSPS) is 10.6. The maximum atomic E-state index is 12.7. The average molecular weight is 457 g/mol. The van der Waals surface area contributed by atoms with E-state index < -0.39 is 0 Å². The van der Waals surface area contributed by atoms with Gasteiger partial charge < -0.3 is 19.8 Å². The minimum atomic E-state index is -0.294. The van der Waals surface area contributed by atoms with Crippen molar-refractivity contribution in [3.8, 4) is 5.75 Å². The monoisotopic (exact) mass is 456 g/mol. The number of anilines is 1. The molecule has 2 aromatic carbocycles. The topological polar surface area (TPSA) is 80.6 Å². The molecule has 0 aliphatic rings. The third-order valence-corrected chi connectivity index (χ3v) is 4.45. The molecule has 0 saturated heterocycles. The first-order valence-corrected chi connectivity index (χ1v) is 9.90. The molecule has 29 heavy (non-hydrogen) atoms. The lowest BCUT2D eigenvalue weighted by molar-refractivity contribution is 0.0947. The Kier molecular flexibility index (Phi) is 6.72. The Morgan fingerprint density at radius 2 is 1.83 bits per heavy atom. The highest BCUT2D eigenvalue weighted by Gasteiger charge is 2.15. The van der Waals surface area contributed by atoms with Crippen molar-refractivity contribution in [1.82, 2.24) is 5.32 Å². The van der Waals surface area contributed by atoms with Crippen LogP contribution in [0.25, 0.3) is 0 Å². The lowest BCUT2D eigenvalue weighted by Crippen LogP contribution is -2.22. The molecule has 0 saturated carbocycles. The molecule has 0 unspecified atom stereocenters. The first-order valence-electron chi connectivity index (χ1n) is 9.10. The largest absolute Gasteiger partial charge is 0.490 e. The molecule has 1 aromatic heterocycles. The van der Waals surface area contributed by atoms with Gasteiger partial charge in [0, 0.05) is 15.7 Å². The first-order chi connectivity index (χ1) is 13.9. The van der Waals surface area contributed by atoms with Crippen LogP contribution >= 0.6 is 15.9 Å². The summed E-state index contributed by atoms with van der Waals surface area (Å²) in [7, 11) is 0. The molecule has 2 amide bonds. The summed E-state index contributed by atoms with van der Waals surface area (Å²) < 4.78 is 11.7. The van der Waals surface area contributed by atoms with Gasteiger partial charge in [0.2, 0.25) is 0 Å². The summed E-state index contributed by atoms with van der Waals surface area (Å²) >= 11 is 3.38. The predicted octanol–water partition coefficient (Wildman–Crippen LogP) is 5.01. The van der Waals surface area contributed by atoms with E-state index in [0.29, 0.717) is 34.9 Å². The van der Waals surface area contributed by atoms with Gasteiger partial charge in [0.15, 0.2) is 0 Å². The maximum Gasteiger partial charge on any atom is 0.259 e. The molecular weight excluding hydrogens is 436 g/mol. The number of halogens is 1. The summed E-state index contributed by atoms with van der Waals surface area (Å²) in [4.78, 5) is 24.9. The van der Waals surface area contributed by atoms with E-state index in [-0.39, 0.29) is 17.9 Å². The second-order valence-electron chi connectivity index (χ2n) is 6.60. The summed E-state index contributed by atoms with van der Waals surface area (Å²) in [5.74, 6) is 0.668. The molecule has 1 heterocycles. The van der Waals surface area contributed by atoms with Crippen LogP contribution < -0.4 is 15.4 Å². The second kappa shape index (κ2) is 9.43. The number of benzene rings is 2. The zero-order valence-corrected chi connectivity index (χ0v) is 17.7. The molecule has 6 nitrogen and oxygen atoms in total. The number of amides is 2. The summed E-state index contributed by atoms with van der Waals surface area (Å²) in [6, 6.07) is 15.5. The van der Waals surface area contributed by atoms with Crippen molar-refractivity contribution >= 4 is 33.4 Å². The van der Waals surface area contributed by atoms with Crippen LogP contribution in [0.15, 0.2) is 69.8 Å². The summed E-state index contributed by atoms with van der Waals surface area (Å²) in [5, 5.41) is 5.61. The van der Waals surface area contributed by atoms with Crippen LogP contribution in [0.3, 0.4) is 0 Å². The quantitative estimate of drug-likeness (QED) is 0.523. The Bertz CT molecular complexity index is 983. The molecule has 0 fully saturated rings. The number of ether oxygens (including phenoxy) is 1. The number of carbonyl (C=O) groups is 2. The lowest BCUT2D eigenvalue weighted by Gasteiger charge is -2.14. The first kappa shape index (κ1) is 20.7. The van der Waals surface area contributed by atoms with Crippen molar-refractivity contribution < 1.29 is 18.7 Å². The minimum absolute atomic E-state index is 0.0540. The fraction of sp³-hybridized carbons (Fsp3) is 0.182. The van der Waals surface area contributed by atoms with E-state index in [1.54, 1.807) is 54.8 Å². The average Bonchev–Trinajstić information content (AvgIpc) is 3.21. The molecule has 3 aromatic rings. The van der Waals surface area contributed by atoms with E-state index in [0.717, 1.165) is 4.47 Å². The van der Waals surface area contributed by atoms with Crippen LogP contribution in [0.2, 0.25) is 0 Å². The molecule has 0 aliphatic heterocycles. The number of rotatable bonds is 7. The fourth-order valence-electron chi connectivity index (χ4n) is 2.62. The number of furan rings is 1.